The van der Waals surface area contributed by atoms with Crippen LogP contribution in [0, 0.1) is 38.2 Å². The molecule has 2 aromatic carbocycles. The average Bonchev–Trinajstić information content (AvgIpc) is 3.20. The lowest BCUT2D eigenvalue weighted by molar-refractivity contribution is 0.449. The van der Waals surface area contributed by atoms with Gasteiger partial charge in [-0.2, -0.15) is 5.10 Å². The van der Waals surface area contributed by atoms with Crippen molar-refractivity contribution in [1.82, 2.24) is 20.4 Å². The minimum Gasteiger partial charge on any atom is -0.370 e. The predicted molar refractivity (Wildman–Crippen MR) is 143 cm³/mol. The largest absolute Gasteiger partial charge is 0.370 e. The van der Waals surface area contributed by atoms with Crippen LogP contribution >= 0.6 is 0 Å². The van der Waals surface area contributed by atoms with Gasteiger partial charge in [0.1, 0.15) is 5.82 Å². The first-order chi connectivity index (χ1) is 17.2. The van der Waals surface area contributed by atoms with Gasteiger partial charge in [0.15, 0.2) is 17.5 Å². The summed E-state index contributed by atoms with van der Waals surface area (Å²) >= 11 is 0. The molecule has 0 fully saturated rings. The molecule has 8 heteroatoms. The normalized spacial score (nSPS) is 10.8. The van der Waals surface area contributed by atoms with Gasteiger partial charge in [0.2, 0.25) is 0 Å². The molecule has 3 N–H and O–H groups in total. The van der Waals surface area contributed by atoms with Gasteiger partial charge in [0, 0.05) is 18.8 Å². The highest BCUT2D eigenvalue weighted by Gasteiger charge is 2.14. The van der Waals surface area contributed by atoms with Gasteiger partial charge in [0.25, 0.3) is 0 Å². The van der Waals surface area contributed by atoms with Crippen molar-refractivity contribution < 1.29 is 13.2 Å². The van der Waals surface area contributed by atoms with Crippen LogP contribution in [0.25, 0.3) is 11.4 Å². The maximum Gasteiger partial charge on any atom is 0.196 e. The molecule has 0 aliphatic heterocycles. The molecular weight excluding hydrogens is 463 g/mol. The molecule has 3 rings (SSSR count). The van der Waals surface area contributed by atoms with Crippen LogP contribution < -0.4 is 16.0 Å². The monoisotopic (exact) mass is 497 g/mol. The van der Waals surface area contributed by atoms with Gasteiger partial charge in [0.05, 0.1) is 17.7 Å². The number of hydrogen-bond acceptors (Lipinski definition) is 4. The fraction of sp³-hybridized carbons (Fsp3) is 0.250. The third kappa shape index (κ3) is 7.04. The summed E-state index contributed by atoms with van der Waals surface area (Å²) in [6.45, 7) is 18.8. The van der Waals surface area contributed by atoms with Crippen molar-refractivity contribution in [3.05, 3.63) is 107 Å². The highest BCUT2D eigenvalue weighted by atomic mass is 19.2. The molecule has 0 unspecified atom stereocenters. The number of rotatable bonds is 10. The minimum atomic E-state index is -1.53. The number of nitrogens with one attached hydrogen (secondary N) is 3. The Kier molecular flexibility index (Phi) is 10.4. The third-order valence-electron chi connectivity index (χ3n) is 5.38. The second kappa shape index (κ2) is 13.2. The molecule has 1 aromatic heterocycles. The van der Waals surface area contributed by atoms with Gasteiger partial charge in [-0.3, -0.25) is 0 Å². The second-order valence-corrected chi connectivity index (χ2v) is 7.87. The predicted octanol–water partition coefficient (Wildman–Crippen LogP) is 6.53. The van der Waals surface area contributed by atoms with E-state index in [0.717, 1.165) is 45.9 Å². The summed E-state index contributed by atoms with van der Waals surface area (Å²) in [6.07, 6.45) is 3.73. The number of allylic oxidation sites excluding steroid dienone is 2. The Hall–Kier alpha value is -3.94. The molecule has 0 radical (unpaired) electrons. The molecule has 3 aromatic rings. The van der Waals surface area contributed by atoms with Crippen molar-refractivity contribution in [2.45, 2.75) is 34.6 Å². The maximum atomic E-state index is 13.9. The minimum absolute atomic E-state index is 0.206. The number of anilines is 1. The summed E-state index contributed by atoms with van der Waals surface area (Å²) < 4.78 is 42.2. The van der Waals surface area contributed by atoms with E-state index in [0.29, 0.717) is 13.1 Å². The lowest BCUT2D eigenvalue weighted by Gasteiger charge is -2.17. The molecule has 36 heavy (non-hydrogen) atoms. The zero-order valence-corrected chi connectivity index (χ0v) is 21.5. The quantitative estimate of drug-likeness (QED) is 0.169. The summed E-state index contributed by atoms with van der Waals surface area (Å²) in [4.78, 5) is 0. The second-order valence-electron chi connectivity index (χ2n) is 7.87. The van der Waals surface area contributed by atoms with Gasteiger partial charge < -0.3 is 16.0 Å². The van der Waals surface area contributed by atoms with Crippen LogP contribution in [-0.2, 0) is 0 Å². The Morgan fingerprint density at radius 2 is 1.58 bits per heavy atom. The van der Waals surface area contributed by atoms with Gasteiger partial charge in [-0.1, -0.05) is 51.3 Å². The number of benzene rings is 2. The molecule has 0 amide bonds. The molecule has 0 spiro atoms. The third-order valence-corrected chi connectivity index (χ3v) is 5.38. The van der Waals surface area contributed by atoms with Crippen LogP contribution in [0.3, 0.4) is 0 Å². The summed E-state index contributed by atoms with van der Waals surface area (Å²) in [7, 11) is 0. The van der Waals surface area contributed by atoms with E-state index >= 15 is 0 Å². The average molecular weight is 498 g/mol. The van der Waals surface area contributed by atoms with Crippen molar-refractivity contribution >= 4 is 17.1 Å². The summed E-state index contributed by atoms with van der Waals surface area (Å²) in [5.74, 6) is -3.10. The fourth-order valence-electron chi connectivity index (χ4n) is 3.33. The van der Waals surface area contributed by atoms with E-state index in [2.05, 4.69) is 34.2 Å². The Morgan fingerprint density at radius 1 is 0.917 bits per heavy atom. The van der Waals surface area contributed by atoms with Crippen LogP contribution in [0.2, 0.25) is 0 Å². The van der Waals surface area contributed by atoms with Gasteiger partial charge in [-0.05, 0) is 61.2 Å². The topological polar surface area (TPSA) is 53.9 Å². The van der Waals surface area contributed by atoms with Crippen LogP contribution in [0.15, 0.2) is 67.6 Å². The van der Waals surface area contributed by atoms with E-state index in [9.17, 15) is 13.2 Å². The summed E-state index contributed by atoms with van der Waals surface area (Å²) in [5.41, 5.74) is 4.82. The number of hydrogen-bond donors (Lipinski definition) is 3. The highest BCUT2D eigenvalue weighted by Crippen LogP contribution is 2.22. The van der Waals surface area contributed by atoms with Crippen molar-refractivity contribution in [2.24, 2.45) is 0 Å². The molecular formula is C28H34F3N5. The van der Waals surface area contributed by atoms with Crippen molar-refractivity contribution in [1.29, 1.82) is 0 Å². The number of nitrogens with zero attached hydrogens (tertiary/aromatic N) is 2. The Morgan fingerprint density at radius 3 is 2.22 bits per heavy atom. The molecule has 0 saturated carbocycles. The first-order valence-electron chi connectivity index (χ1n) is 11.7. The molecule has 5 nitrogen and oxygen atoms in total. The Labute approximate surface area is 211 Å². The van der Waals surface area contributed by atoms with E-state index in [1.165, 1.54) is 0 Å². The number of halogens is 3. The smallest absolute Gasteiger partial charge is 0.196 e. The van der Waals surface area contributed by atoms with Crippen molar-refractivity contribution in [2.75, 3.05) is 18.4 Å². The van der Waals surface area contributed by atoms with Crippen LogP contribution in [-0.4, -0.2) is 22.9 Å². The zero-order valence-electron chi connectivity index (χ0n) is 21.5. The van der Waals surface area contributed by atoms with Crippen LogP contribution in [0.4, 0.5) is 18.9 Å². The molecule has 192 valence electrons. The molecule has 0 atom stereocenters. The van der Waals surface area contributed by atoms with Crippen molar-refractivity contribution in [3.8, 4) is 0 Å². The van der Waals surface area contributed by atoms with Crippen LogP contribution in [0.1, 0.15) is 36.2 Å². The summed E-state index contributed by atoms with van der Waals surface area (Å²) in [6, 6.07) is 9.96. The number of aromatic nitrogens is 2. The molecule has 0 aliphatic carbocycles. The lowest BCUT2D eigenvalue weighted by atomic mass is 10.0. The van der Waals surface area contributed by atoms with E-state index in [-0.39, 0.29) is 11.5 Å². The maximum absolute atomic E-state index is 13.9. The summed E-state index contributed by atoms with van der Waals surface area (Å²) in [5, 5.41) is 13.4. The van der Waals surface area contributed by atoms with Crippen LogP contribution in [0.5, 0.6) is 0 Å². The number of aryl methyl sites for hydroxylation is 2. The van der Waals surface area contributed by atoms with Crippen molar-refractivity contribution in [3.63, 3.8) is 0 Å². The molecule has 1 heterocycles. The first-order valence-corrected chi connectivity index (χ1v) is 11.7. The van der Waals surface area contributed by atoms with E-state index in [1.807, 2.05) is 69.6 Å². The molecule has 0 bridgehead atoms. The highest BCUT2D eigenvalue weighted by molar-refractivity contribution is 5.79. The zero-order chi connectivity index (χ0) is 26.8. The fourth-order valence-corrected chi connectivity index (χ4v) is 3.33. The lowest BCUT2D eigenvalue weighted by Crippen LogP contribution is -2.30. The Bertz CT molecular complexity index is 1240. The van der Waals surface area contributed by atoms with E-state index in [4.69, 9.17) is 0 Å². The Balaban J connectivity index is 0.00000222. The SMILES string of the molecule is C=C(NCCN/C(=C/C(=C)c1ccccc1C)n1ncc(C)c1C)Nc1ccc(F)c(F)c1F.CC. The first kappa shape index (κ1) is 28.3. The van der Waals surface area contributed by atoms with E-state index < -0.39 is 17.5 Å². The van der Waals surface area contributed by atoms with E-state index in [1.54, 1.807) is 6.20 Å². The van der Waals surface area contributed by atoms with Gasteiger partial charge in [-0.15, -0.1) is 0 Å². The molecule has 0 saturated heterocycles. The van der Waals surface area contributed by atoms with Gasteiger partial charge >= 0.3 is 0 Å². The standard InChI is InChI=1S/C26H28F3N5.C2H6/c1-16-8-6-7-9-21(16)17(2)14-24(34-19(4)18(3)15-32-34)31-13-12-30-20(5)33-23-11-10-22(27)25(28)26(23)29;1-2/h6-11,14-15,30-31,33H,2,5,12-13H2,1,3-4H3;1-2H3/b24-14-;. The van der Waals surface area contributed by atoms with Gasteiger partial charge in [-0.25, -0.2) is 17.9 Å². The molecule has 0 aliphatic rings.